The molecule has 2 heterocycles. The summed E-state index contributed by atoms with van der Waals surface area (Å²) < 4.78 is 41.9. The molecule has 0 atom stereocenters. The van der Waals surface area contributed by atoms with Gasteiger partial charge in [-0.15, -0.1) is 0 Å². The average Bonchev–Trinajstić information content (AvgIpc) is 2.81. The van der Waals surface area contributed by atoms with Gasteiger partial charge in [-0.05, 0) is 26.0 Å². The van der Waals surface area contributed by atoms with E-state index in [4.69, 9.17) is 23.7 Å². The van der Waals surface area contributed by atoms with Crippen LogP contribution in [0.25, 0.3) is 0 Å². The molecule has 1 aromatic carbocycles. The molecule has 1 fully saturated rings. The number of likely N-dealkylation sites (tertiary alicyclic amines) is 1. The number of amides is 1. The van der Waals surface area contributed by atoms with Gasteiger partial charge in [-0.2, -0.15) is 0 Å². The van der Waals surface area contributed by atoms with Gasteiger partial charge < -0.3 is 33.9 Å². The molecule has 0 aliphatic carbocycles. The minimum absolute atomic E-state index is 0.104. The lowest BCUT2D eigenvalue weighted by Gasteiger charge is -2.32. The number of nitrogens with zero attached hydrogens (tertiary/aromatic N) is 2. The summed E-state index contributed by atoms with van der Waals surface area (Å²) in [6, 6.07) is 6.22. The van der Waals surface area contributed by atoms with Crippen LogP contribution in [0.4, 0.5) is 20.7 Å². The van der Waals surface area contributed by atoms with Crippen molar-refractivity contribution in [2.45, 2.75) is 38.9 Å². The van der Waals surface area contributed by atoms with Gasteiger partial charge in [-0.1, -0.05) is 0 Å². The van der Waals surface area contributed by atoms with E-state index >= 15 is 0 Å². The molecule has 0 radical (unpaired) electrons. The number of ether oxygens (including phenoxy) is 5. The Morgan fingerprint density at radius 1 is 1.21 bits per heavy atom. The molecule has 1 aromatic heterocycles. The number of hydrogen-bond donors (Lipinski definition) is 1. The Bertz CT molecular complexity index is 950. The van der Waals surface area contributed by atoms with Crippen LogP contribution in [0.3, 0.4) is 0 Å². The molecule has 3 rings (SSSR count). The highest BCUT2D eigenvalue weighted by Gasteiger charge is 2.26. The summed E-state index contributed by atoms with van der Waals surface area (Å²) in [7, 11) is 3.07. The minimum atomic E-state index is -0.495. The zero-order chi connectivity index (χ0) is 24.5. The summed E-state index contributed by atoms with van der Waals surface area (Å²) in [5, 5.41) is 2.96. The van der Waals surface area contributed by atoms with Crippen molar-refractivity contribution in [1.82, 2.24) is 9.88 Å². The number of pyridine rings is 1. The number of rotatable bonds is 10. The maximum absolute atomic E-state index is 14.6. The number of piperidine rings is 1. The fraction of sp³-hybridized carbons (Fsp3) is 0.500. The van der Waals surface area contributed by atoms with Crippen molar-refractivity contribution >= 4 is 17.6 Å². The van der Waals surface area contributed by atoms with Crippen LogP contribution < -0.4 is 19.5 Å². The highest BCUT2D eigenvalue weighted by Crippen LogP contribution is 2.37. The molecule has 1 saturated heterocycles. The number of methoxy groups -OCH3 is 2. The predicted molar refractivity (Wildman–Crippen MR) is 125 cm³/mol. The van der Waals surface area contributed by atoms with Gasteiger partial charge in [0.15, 0.2) is 11.6 Å². The molecule has 9 nitrogen and oxygen atoms in total. The van der Waals surface area contributed by atoms with Crippen LogP contribution in [-0.2, 0) is 9.47 Å². The van der Waals surface area contributed by atoms with Crippen molar-refractivity contribution in [3.05, 3.63) is 36.3 Å². The van der Waals surface area contributed by atoms with Gasteiger partial charge in [0.2, 0.25) is 5.75 Å². The average molecular weight is 478 g/mol. The van der Waals surface area contributed by atoms with E-state index in [1.54, 1.807) is 36.4 Å². The molecule has 0 saturated carbocycles. The number of hydrogen-bond acceptors (Lipinski definition) is 8. The number of anilines is 2. The molecule has 34 heavy (non-hydrogen) atoms. The molecule has 1 aliphatic heterocycles. The van der Waals surface area contributed by atoms with E-state index in [0.29, 0.717) is 62.2 Å². The van der Waals surface area contributed by atoms with Gasteiger partial charge in [0.1, 0.15) is 24.3 Å². The topological polar surface area (TPSA) is 91.4 Å². The minimum Gasteiger partial charge on any atom is -0.491 e. The van der Waals surface area contributed by atoms with Crippen LogP contribution in [0, 0.1) is 5.82 Å². The number of halogens is 1. The number of benzene rings is 1. The first kappa shape index (κ1) is 25.4. The van der Waals surface area contributed by atoms with Crippen molar-refractivity contribution in [3.8, 4) is 17.2 Å². The van der Waals surface area contributed by atoms with Crippen molar-refractivity contribution in [1.29, 1.82) is 0 Å². The summed E-state index contributed by atoms with van der Waals surface area (Å²) in [5.74, 6) is 1.09. The second-order valence-electron chi connectivity index (χ2n) is 8.04. The van der Waals surface area contributed by atoms with E-state index < -0.39 is 5.82 Å². The van der Waals surface area contributed by atoms with Crippen LogP contribution in [0.15, 0.2) is 30.5 Å². The highest BCUT2D eigenvalue weighted by molar-refractivity contribution is 5.68. The van der Waals surface area contributed by atoms with Crippen LogP contribution in [0.2, 0.25) is 0 Å². The Morgan fingerprint density at radius 3 is 2.62 bits per heavy atom. The zero-order valence-corrected chi connectivity index (χ0v) is 20.0. The summed E-state index contributed by atoms with van der Waals surface area (Å²) >= 11 is 0. The summed E-state index contributed by atoms with van der Waals surface area (Å²) in [6.07, 6.45) is 2.31. The van der Waals surface area contributed by atoms with Gasteiger partial charge in [0.25, 0.3) is 0 Å². The van der Waals surface area contributed by atoms with Gasteiger partial charge in [-0.3, -0.25) is 0 Å². The number of carbonyl (C=O) groups is 1. The molecule has 1 aliphatic rings. The van der Waals surface area contributed by atoms with Gasteiger partial charge in [0, 0.05) is 51.4 Å². The van der Waals surface area contributed by atoms with Crippen molar-refractivity contribution in [3.63, 3.8) is 0 Å². The molecule has 186 valence electrons. The Morgan fingerprint density at radius 2 is 1.97 bits per heavy atom. The maximum atomic E-state index is 14.6. The van der Waals surface area contributed by atoms with Crippen molar-refractivity contribution in [2.24, 2.45) is 0 Å². The first-order valence-corrected chi connectivity index (χ1v) is 11.2. The Kier molecular flexibility index (Phi) is 9.15. The molecule has 2 aromatic rings. The maximum Gasteiger partial charge on any atom is 0.410 e. The van der Waals surface area contributed by atoms with Crippen LogP contribution in [-0.4, -0.2) is 68.7 Å². The molecular formula is C24H32FN3O6. The van der Waals surface area contributed by atoms with Crippen molar-refractivity contribution < 1.29 is 32.9 Å². The van der Waals surface area contributed by atoms with E-state index in [9.17, 15) is 9.18 Å². The van der Waals surface area contributed by atoms with Gasteiger partial charge in [0.05, 0.1) is 25.5 Å². The molecule has 0 unspecified atom stereocenters. The number of nitrogens with one attached hydrogen (secondary N) is 1. The monoisotopic (exact) mass is 477 g/mol. The Balaban J connectivity index is 1.64. The molecule has 0 bridgehead atoms. The second kappa shape index (κ2) is 12.3. The molecule has 1 N–H and O–H groups in total. The molecular weight excluding hydrogens is 445 g/mol. The molecule has 0 spiro atoms. The van der Waals surface area contributed by atoms with Crippen LogP contribution >= 0.6 is 0 Å². The van der Waals surface area contributed by atoms with Gasteiger partial charge >= 0.3 is 6.09 Å². The van der Waals surface area contributed by atoms with Gasteiger partial charge in [-0.25, -0.2) is 14.2 Å². The Labute approximate surface area is 199 Å². The standard InChI is InChI=1S/C24H32FN3O6/c1-16(2)33-24(29)28-11-8-17(9-12-28)34-21-7-10-26-23(22(21)31-4)27-20-6-5-18(15-19(20)25)32-14-13-30-3/h5-7,10,15-17H,8-9,11-14H2,1-4H3,(H,26,27). The lowest BCUT2D eigenvalue weighted by Crippen LogP contribution is -2.42. The smallest absolute Gasteiger partial charge is 0.410 e. The lowest BCUT2D eigenvalue weighted by atomic mass is 10.1. The Hall–Kier alpha value is -3.27. The number of carbonyl (C=O) groups excluding carboxylic acids is 1. The second-order valence-corrected chi connectivity index (χ2v) is 8.04. The third kappa shape index (κ3) is 6.86. The van der Waals surface area contributed by atoms with E-state index in [1.807, 2.05) is 13.8 Å². The van der Waals surface area contributed by atoms with E-state index in [0.717, 1.165) is 0 Å². The van der Waals surface area contributed by atoms with E-state index in [-0.39, 0.29) is 24.0 Å². The van der Waals surface area contributed by atoms with E-state index in [2.05, 4.69) is 10.3 Å². The summed E-state index contributed by atoms with van der Waals surface area (Å²) in [6.45, 7) is 5.47. The number of aromatic nitrogens is 1. The predicted octanol–water partition coefficient (Wildman–Crippen LogP) is 4.39. The fourth-order valence-corrected chi connectivity index (χ4v) is 3.48. The van der Waals surface area contributed by atoms with E-state index in [1.165, 1.54) is 13.2 Å². The normalized spacial score (nSPS) is 14.1. The van der Waals surface area contributed by atoms with Crippen molar-refractivity contribution in [2.75, 3.05) is 45.8 Å². The third-order valence-electron chi connectivity index (χ3n) is 5.15. The first-order valence-electron chi connectivity index (χ1n) is 11.2. The third-order valence-corrected chi connectivity index (χ3v) is 5.15. The lowest BCUT2D eigenvalue weighted by molar-refractivity contribution is 0.0511. The summed E-state index contributed by atoms with van der Waals surface area (Å²) in [5.41, 5.74) is 0.221. The highest BCUT2D eigenvalue weighted by atomic mass is 19.1. The van der Waals surface area contributed by atoms with Crippen LogP contribution in [0.5, 0.6) is 17.2 Å². The quantitative estimate of drug-likeness (QED) is 0.504. The fourth-order valence-electron chi connectivity index (χ4n) is 3.48. The molecule has 1 amide bonds. The largest absolute Gasteiger partial charge is 0.491 e. The summed E-state index contributed by atoms with van der Waals surface area (Å²) in [4.78, 5) is 18.1. The first-order chi connectivity index (χ1) is 16.4. The van der Waals surface area contributed by atoms with Crippen LogP contribution in [0.1, 0.15) is 26.7 Å². The molecule has 10 heteroatoms. The zero-order valence-electron chi connectivity index (χ0n) is 20.0. The SMILES string of the molecule is COCCOc1ccc(Nc2nccc(OC3CCN(C(=O)OC(C)C)CC3)c2OC)c(F)c1.